The Morgan fingerprint density at radius 1 is 1.53 bits per heavy atom. The van der Waals surface area contributed by atoms with Gasteiger partial charge in [-0.3, -0.25) is 4.79 Å². The number of ketones is 1. The van der Waals surface area contributed by atoms with Crippen LogP contribution in [0.3, 0.4) is 0 Å². The summed E-state index contributed by atoms with van der Waals surface area (Å²) in [5.41, 5.74) is 0.0752. The van der Waals surface area contributed by atoms with Gasteiger partial charge in [0.2, 0.25) is 0 Å². The van der Waals surface area contributed by atoms with Crippen molar-refractivity contribution in [1.82, 2.24) is 0 Å². The number of hydrogen-bond donors (Lipinski definition) is 0. The van der Waals surface area contributed by atoms with E-state index in [0.717, 1.165) is 6.61 Å². The monoisotopic (exact) mass is 212 g/mol. The molecule has 86 valence electrons. The third-order valence-corrected chi connectivity index (χ3v) is 3.76. The molecule has 0 spiro atoms. The van der Waals surface area contributed by atoms with E-state index in [1.165, 1.54) is 0 Å². The molecule has 0 N–H and O–H groups in total. The van der Waals surface area contributed by atoms with E-state index >= 15 is 0 Å². The lowest BCUT2D eigenvalue weighted by Gasteiger charge is -2.39. The molecule has 1 aliphatic carbocycles. The summed E-state index contributed by atoms with van der Waals surface area (Å²) in [5, 5.41) is 0. The van der Waals surface area contributed by atoms with Crippen LogP contribution >= 0.6 is 0 Å². The highest BCUT2D eigenvalue weighted by atomic mass is 16.7. The maximum absolute atomic E-state index is 11.7. The van der Waals surface area contributed by atoms with E-state index in [2.05, 4.69) is 13.8 Å². The van der Waals surface area contributed by atoms with Gasteiger partial charge in [0, 0.05) is 25.4 Å². The minimum atomic E-state index is -0.150. The van der Waals surface area contributed by atoms with Crippen LogP contribution in [-0.2, 0) is 14.3 Å². The van der Waals surface area contributed by atoms with Gasteiger partial charge in [0.25, 0.3) is 0 Å². The van der Waals surface area contributed by atoms with Crippen molar-refractivity contribution >= 4 is 5.78 Å². The summed E-state index contributed by atoms with van der Waals surface area (Å²) in [6.45, 7) is 7.70. The van der Waals surface area contributed by atoms with Gasteiger partial charge in [0.1, 0.15) is 5.78 Å². The fourth-order valence-electron chi connectivity index (χ4n) is 2.99. The maximum atomic E-state index is 11.7. The highest BCUT2D eigenvalue weighted by molar-refractivity contribution is 5.80. The van der Waals surface area contributed by atoms with Gasteiger partial charge in [-0.05, 0) is 18.3 Å². The van der Waals surface area contributed by atoms with Gasteiger partial charge in [0.05, 0.1) is 6.61 Å². The van der Waals surface area contributed by atoms with E-state index in [1.54, 1.807) is 0 Å². The van der Waals surface area contributed by atoms with Gasteiger partial charge in [-0.15, -0.1) is 0 Å². The lowest BCUT2D eigenvalue weighted by Crippen LogP contribution is -2.40. The molecule has 2 rings (SSSR count). The molecular formula is C12H20O3. The second kappa shape index (κ2) is 3.87. The van der Waals surface area contributed by atoms with Crippen molar-refractivity contribution in [3.8, 4) is 0 Å². The van der Waals surface area contributed by atoms with Crippen LogP contribution in [0.15, 0.2) is 0 Å². The Bertz CT molecular complexity index is 260. The summed E-state index contributed by atoms with van der Waals surface area (Å²) in [7, 11) is 0. The molecule has 1 saturated heterocycles. The van der Waals surface area contributed by atoms with Crippen molar-refractivity contribution in [2.45, 2.75) is 39.9 Å². The number of fused-ring (bicyclic) bond motifs is 1. The molecule has 1 aliphatic heterocycles. The summed E-state index contributed by atoms with van der Waals surface area (Å²) in [5.74, 6) is 1.12. The topological polar surface area (TPSA) is 35.5 Å². The van der Waals surface area contributed by atoms with Crippen LogP contribution in [0.1, 0.15) is 33.6 Å². The molecular weight excluding hydrogens is 192 g/mol. The zero-order valence-electron chi connectivity index (χ0n) is 9.79. The van der Waals surface area contributed by atoms with Crippen LogP contribution in [0.25, 0.3) is 0 Å². The first-order chi connectivity index (χ1) is 7.04. The lowest BCUT2D eigenvalue weighted by molar-refractivity contribution is -0.142. The van der Waals surface area contributed by atoms with Crippen LogP contribution in [0, 0.1) is 17.3 Å². The van der Waals surface area contributed by atoms with Gasteiger partial charge in [0.15, 0.2) is 6.29 Å². The summed E-state index contributed by atoms with van der Waals surface area (Å²) >= 11 is 0. The number of Topliss-reactive ketones (excluding diaryl/α,β-unsaturated/α-hetero) is 1. The van der Waals surface area contributed by atoms with Crippen molar-refractivity contribution in [3.05, 3.63) is 0 Å². The normalized spacial score (nSPS) is 39.1. The van der Waals surface area contributed by atoms with Gasteiger partial charge in [-0.1, -0.05) is 13.8 Å². The second-order valence-corrected chi connectivity index (χ2v) is 5.34. The van der Waals surface area contributed by atoms with E-state index in [0.29, 0.717) is 31.1 Å². The first-order valence-electron chi connectivity index (χ1n) is 5.79. The Morgan fingerprint density at radius 2 is 2.27 bits per heavy atom. The molecule has 15 heavy (non-hydrogen) atoms. The predicted molar refractivity (Wildman–Crippen MR) is 56.4 cm³/mol. The van der Waals surface area contributed by atoms with E-state index < -0.39 is 0 Å². The highest BCUT2D eigenvalue weighted by Crippen LogP contribution is 2.48. The molecule has 1 heterocycles. The van der Waals surface area contributed by atoms with Crippen LogP contribution in [0.2, 0.25) is 0 Å². The zero-order chi connectivity index (χ0) is 11.1. The minimum absolute atomic E-state index is 0.0752. The summed E-state index contributed by atoms with van der Waals surface area (Å²) in [6.07, 6.45) is 1.18. The Labute approximate surface area is 91.1 Å². The SMILES string of the molecule is CCO[C@@H]1OC[C@@H]2[C@@H]1CC(=O)CC2(C)C. The molecule has 1 saturated carbocycles. The van der Waals surface area contributed by atoms with E-state index in [1.807, 2.05) is 6.92 Å². The predicted octanol–water partition coefficient (Wildman–Crippen LogP) is 2.00. The second-order valence-electron chi connectivity index (χ2n) is 5.34. The third-order valence-electron chi connectivity index (χ3n) is 3.76. The maximum Gasteiger partial charge on any atom is 0.161 e. The summed E-state index contributed by atoms with van der Waals surface area (Å²) in [6, 6.07) is 0. The van der Waals surface area contributed by atoms with Crippen LogP contribution in [0.5, 0.6) is 0 Å². The molecule has 3 heteroatoms. The average molecular weight is 212 g/mol. The van der Waals surface area contributed by atoms with Crippen molar-refractivity contribution < 1.29 is 14.3 Å². The van der Waals surface area contributed by atoms with Crippen molar-refractivity contribution in [1.29, 1.82) is 0 Å². The first-order valence-corrected chi connectivity index (χ1v) is 5.79. The molecule has 0 aromatic heterocycles. The summed E-state index contributed by atoms with van der Waals surface area (Å²) in [4.78, 5) is 11.7. The largest absolute Gasteiger partial charge is 0.353 e. The summed E-state index contributed by atoms with van der Waals surface area (Å²) < 4.78 is 11.2. The lowest BCUT2D eigenvalue weighted by atomic mass is 9.64. The van der Waals surface area contributed by atoms with E-state index in [4.69, 9.17) is 9.47 Å². The Kier molecular flexibility index (Phi) is 2.86. The zero-order valence-corrected chi connectivity index (χ0v) is 9.79. The molecule has 0 amide bonds. The number of carbonyl (C=O) groups excluding carboxylic acids is 1. The quantitative estimate of drug-likeness (QED) is 0.702. The molecule has 0 bridgehead atoms. The van der Waals surface area contributed by atoms with Crippen LogP contribution < -0.4 is 0 Å². The van der Waals surface area contributed by atoms with Crippen molar-refractivity contribution in [3.63, 3.8) is 0 Å². The first kappa shape index (κ1) is 11.1. The van der Waals surface area contributed by atoms with Gasteiger partial charge >= 0.3 is 0 Å². The standard InChI is InChI=1S/C12H20O3/c1-4-14-11-9-5-8(13)6-12(2,3)10(9)7-15-11/h9-11H,4-7H2,1-3H3/t9-,10+,11+/m0/s1. The Morgan fingerprint density at radius 3 is 2.93 bits per heavy atom. The fraction of sp³-hybridized carbons (Fsp3) is 0.917. The molecule has 0 aromatic rings. The molecule has 0 aromatic carbocycles. The van der Waals surface area contributed by atoms with E-state index in [9.17, 15) is 4.79 Å². The van der Waals surface area contributed by atoms with Gasteiger partial charge < -0.3 is 9.47 Å². The molecule has 2 aliphatic rings. The molecule has 2 fully saturated rings. The smallest absolute Gasteiger partial charge is 0.161 e. The van der Waals surface area contributed by atoms with E-state index in [-0.39, 0.29) is 17.6 Å². The molecule has 3 atom stereocenters. The number of hydrogen-bond acceptors (Lipinski definition) is 3. The molecule has 0 unspecified atom stereocenters. The third kappa shape index (κ3) is 1.95. The number of carbonyl (C=O) groups is 1. The van der Waals surface area contributed by atoms with Gasteiger partial charge in [-0.2, -0.15) is 0 Å². The number of ether oxygens (including phenoxy) is 2. The minimum Gasteiger partial charge on any atom is -0.353 e. The van der Waals surface area contributed by atoms with Gasteiger partial charge in [-0.25, -0.2) is 0 Å². The van der Waals surface area contributed by atoms with Crippen LogP contribution in [-0.4, -0.2) is 25.3 Å². The Balaban J connectivity index is 2.13. The highest BCUT2D eigenvalue weighted by Gasteiger charge is 2.50. The number of rotatable bonds is 2. The van der Waals surface area contributed by atoms with Crippen molar-refractivity contribution in [2.24, 2.45) is 17.3 Å². The molecule has 0 radical (unpaired) electrons. The fourth-order valence-corrected chi connectivity index (χ4v) is 2.99. The average Bonchev–Trinajstić information content (AvgIpc) is 2.48. The van der Waals surface area contributed by atoms with Crippen molar-refractivity contribution in [2.75, 3.05) is 13.2 Å². The van der Waals surface area contributed by atoms with Crippen LogP contribution in [0.4, 0.5) is 0 Å². The molecule has 3 nitrogen and oxygen atoms in total. The Hall–Kier alpha value is -0.410.